The predicted molar refractivity (Wildman–Crippen MR) is 84.5 cm³/mol. The number of amides is 1. The molecule has 1 aromatic rings. The summed E-state index contributed by atoms with van der Waals surface area (Å²) >= 11 is 0. The van der Waals surface area contributed by atoms with Crippen LogP contribution >= 0.6 is 0 Å². The topological polar surface area (TPSA) is 76.1 Å². The molecule has 1 fully saturated rings. The Kier molecular flexibility index (Phi) is 5.47. The number of phenols is 1. The number of likely N-dealkylation sites (tertiary alicyclic amines) is 1. The monoisotopic (exact) mass is 321 g/mol. The van der Waals surface area contributed by atoms with Gasteiger partial charge in [0.25, 0.3) is 5.91 Å². The zero-order valence-electron chi connectivity index (χ0n) is 13.7. The molecule has 2 atom stereocenters. The molecule has 23 heavy (non-hydrogen) atoms. The summed E-state index contributed by atoms with van der Waals surface area (Å²) in [5.41, 5.74) is -0.0162. The summed E-state index contributed by atoms with van der Waals surface area (Å²) in [7, 11) is 1.46. The van der Waals surface area contributed by atoms with Gasteiger partial charge >= 0.3 is 5.97 Å². The molecule has 1 heterocycles. The number of carbonyl (C=O) groups excluding carboxylic acids is 2. The first-order valence-corrected chi connectivity index (χ1v) is 7.72. The molecule has 6 nitrogen and oxygen atoms in total. The fourth-order valence-electron chi connectivity index (χ4n) is 2.97. The van der Waals surface area contributed by atoms with Crippen LogP contribution in [-0.4, -0.2) is 48.7 Å². The Labute approximate surface area is 136 Å². The first-order chi connectivity index (χ1) is 10.9. The van der Waals surface area contributed by atoms with Gasteiger partial charge < -0.3 is 19.5 Å². The van der Waals surface area contributed by atoms with Crippen molar-refractivity contribution in [3.8, 4) is 11.5 Å². The molecule has 1 aromatic carbocycles. The summed E-state index contributed by atoms with van der Waals surface area (Å²) in [6.07, 6.45) is 1.10. The zero-order chi connectivity index (χ0) is 17.0. The van der Waals surface area contributed by atoms with E-state index in [2.05, 4.69) is 13.8 Å². The Morgan fingerprint density at radius 1 is 1.26 bits per heavy atom. The minimum Gasteiger partial charge on any atom is -0.507 e. The van der Waals surface area contributed by atoms with E-state index in [1.807, 2.05) is 0 Å². The van der Waals surface area contributed by atoms with Crippen LogP contribution in [-0.2, 0) is 9.53 Å². The maximum absolute atomic E-state index is 12.2. The van der Waals surface area contributed by atoms with Crippen molar-refractivity contribution < 1.29 is 24.2 Å². The number of esters is 1. The normalized spacial score (nSPS) is 20.9. The molecular formula is C17H23NO5. The van der Waals surface area contributed by atoms with E-state index < -0.39 is 5.97 Å². The number of rotatable bonds is 4. The van der Waals surface area contributed by atoms with Crippen molar-refractivity contribution in [3.63, 3.8) is 0 Å². The third kappa shape index (κ3) is 4.37. The molecule has 1 saturated heterocycles. The Bertz CT molecular complexity index is 576. The highest BCUT2D eigenvalue weighted by molar-refractivity contribution is 5.94. The van der Waals surface area contributed by atoms with Gasteiger partial charge in [0.1, 0.15) is 17.1 Å². The summed E-state index contributed by atoms with van der Waals surface area (Å²) in [5.74, 6) is 0.164. The van der Waals surface area contributed by atoms with Crippen LogP contribution in [0.25, 0.3) is 0 Å². The second-order valence-corrected chi connectivity index (χ2v) is 6.20. The Morgan fingerprint density at radius 2 is 1.91 bits per heavy atom. The van der Waals surface area contributed by atoms with E-state index in [1.54, 1.807) is 4.90 Å². The van der Waals surface area contributed by atoms with Crippen LogP contribution in [0.5, 0.6) is 11.5 Å². The van der Waals surface area contributed by atoms with Crippen LogP contribution in [0.3, 0.4) is 0 Å². The molecule has 2 rings (SSSR count). The standard InChI is InChI=1S/C17H23NO5/c1-11-6-12(2)9-18(8-11)16(20)10-23-17(21)14-7-13(22-3)4-5-15(14)19/h4-5,7,11-12,19H,6,8-10H2,1-3H3/t11-,12-/m0/s1. The number of benzene rings is 1. The van der Waals surface area contributed by atoms with Crippen LogP contribution < -0.4 is 4.74 Å². The molecule has 0 aromatic heterocycles. The van der Waals surface area contributed by atoms with Crippen LogP contribution in [0.1, 0.15) is 30.6 Å². The van der Waals surface area contributed by atoms with Crippen molar-refractivity contribution in [3.05, 3.63) is 23.8 Å². The van der Waals surface area contributed by atoms with Gasteiger partial charge in [-0.2, -0.15) is 0 Å². The van der Waals surface area contributed by atoms with E-state index in [-0.39, 0.29) is 23.8 Å². The molecular weight excluding hydrogens is 298 g/mol. The van der Waals surface area contributed by atoms with E-state index in [0.717, 1.165) is 6.42 Å². The summed E-state index contributed by atoms with van der Waals surface area (Å²) in [6, 6.07) is 4.27. The second kappa shape index (κ2) is 7.35. The van der Waals surface area contributed by atoms with Gasteiger partial charge in [0.2, 0.25) is 0 Å². The first-order valence-electron chi connectivity index (χ1n) is 7.72. The first kappa shape index (κ1) is 17.1. The molecule has 0 bridgehead atoms. The SMILES string of the molecule is COc1ccc(O)c(C(=O)OCC(=O)N2C[C@@H](C)C[C@H](C)C2)c1. The van der Waals surface area contributed by atoms with Gasteiger partial charge in [-0.1, -0.05) is 13.8 Å². The maximum atomic E-state index is 12.2. The minimum atomic E-state index is -0.743. The summed E-state index contributed by atoms with van der Waals surface area (Å²) < 4.78 is 10.1. The number of hydrogen-bond donors (Lipinski definition) is 1. The minimum absolute atomic E-state index is 0.0162. The smallest absolute Gasteiger partial charge is 0.342 e. The molecule has 6 heteroatoms. The largest absolute Gasteiger partial charge is 0.507 e. The molecule has 1 amide bonds. The fraction of sp³-hybridized carbons (Fsp3) is 0.529. The van der Waals surface area contributed by atoms with Gasteiger partial charge in [0.05, 0.1) is 7.11 Å². The van der Waals surface area contributed by atoms with Gasteiger partial charge in [-0.25, -0.2) is 4.79 Å². The van der Waals surface area contributed by atoms with Crippen LogP contribution in [0.2, 0.25) is 0 Å². The lowest BCUT2D eigenvalue weighted by Gasteiger charge is -2.34. The molecule has 0 spiro atoms. The van der Waals surface area contributed by atoms with E-state index in [0.29, 0.717) is 30.7 Å². The molecule has 0 radical (unpaired) electrons. The van der Waals surface area contributed by atoms with Gasteiger partial charge in [-0.15, -0.1) is 0 Å². The van der Waals surface area contributed by atoms with Crippen LogP contribution in [0.15, 0.2) is 18.2 Å². The highest BCUT2D eigenvalue weighted by Crippen LogP contribution is 2.24. The highest BCUT2D eigenvalue weighted by atomic mass is 16.5. The number of piperidine rings is 1. The van der Waals surface area contributed by atoms with Gasteiger partial charge in [0.15, 0.2) is 6.61 Å². The molecule has 0 aliphatic carbocycles. The summed E-state index contributed by atoms with van der Waals surface area (Å²) in [5, 5.41) is 9.73. The van der Waals surface area contributed by atoms with Gasteiger partial charge in [0, 0.05) is 13.1 Å². The third-order valence-electron chi connectivity index (χ3n) is 3.97. The van der Waals surface area contributed by atoms with Gasteiger partial charge in [-0.05, 0) is 36.5 Å². The average molecular weight is 321 g/mol. The van der Waals surface area contributed by atoms with Gasteiger partial charge in [-0.3, -0.25) is 4.79 Å². The molecule has 1 aliphatic heterocycles. The maximum Gasteiger partial charge on any atom is 0.342 e. The highest BCUT2D eigenvalue weighted by Gasteiger charge is 2.26. The lowest BCUT2D eigenvalue weighted by atomic mass is 9.92. The Morgan fingerprint density at radius 3 is 2.52 bits per heavy atom. The Hall–Kier alpha value is -2.24. The van der Waals surface area contributed by atoms with E-state index >= 15 is 0 Å². The van der Waals surface area contributed by atoms with E-state index in [1.165, 1.54) is 25.3 Å². The van der Waals surface area contributed by atoms with E-state index in [4.69, 9.17) is 9.47 Å². The molecule has 1 aliphatic rings. The van der Waals surface area contributed by atoms with Crippen molar-refractivity contribution in [1.29, 1.82) is 0 Å². The number of aromatic hydroxyl groups is 1. The Balaban J connectivity index is 1.95. The molecule has 0 unspecified atom stereocenters. The fourth-order valence-corrected chi connectivity index (χ4v) is 2.97. The molecule has 0 saturated carbocycles. The number of carbonyl (C=O) groups is 2. The number of ether oxygens (including phenoxy) is 2. The predicted octanol–water partition coefficient (Wildman–Crippen LogP) is 2.06. The molecule has 126 valence electrons. The van der Waals surface area contributed by atoms with Crippen molar-refractivity contribution in [2.24, 2.45) is 11.8 Å². The van der Waals surface area contributed by atoms with Crippen molar-refractivity contribution in [2.45, 2.75) is 20.3 Å². The van der Waals surface area contributed by atoms with Crippen molar-refractivity contribution in [1.82, 2.24) is 4.90 Å². The summed E-state index contributed by atoms with van der Waals surface area (Å²) in [6.45, 7) is 5.26. The van der Waals surface area contributed by atoms with Crippen molar-refractivity contribution >= 4 is 11.9 Å². The zero-order valence-corrected chi connectivity index (χ0v) is 13.7. The average Bonchev–Trinajstić information content (AvgIpc) is 2.51. The lowest BCUT2D eigenvalue weighted by Crippen LogP contribution is -2.44. The number of hydrogen-bond acceptors (Lipinski definition) is 5. The van der Waals surface area contributed by atoms with Crippen molar-refractivity contribution in [2.75, 3.05) is 26.8 Å². The third-order valence-corrected chi connectivity index (χ3v) is 3.97. The quantitative estimate of drug-likeness (QED) is 0.859. The van der Waals surface area contributed by atoms with Crippen LogP contribution in [0.4, 0.5) is 0 Å². The molecule has 1 N–H and O–H groups in total. The summed E-state index contributed by atoms with van der Waals surface area (Å²) in [4.78, 5) is 26.0. The lowest BCUT2D eigenvalue weighted by molar-refractivity contribution is -0.137. The van der Waals surface area contributed by atoms with E-state index in [9.17, 15) is 14.7 Å². The number of nitrogens with zero attached hydrogens (tertiary/aromatic N) is 1. The van der Waals surface area contributed by atoms with Crippen LogP contribution in [0, 0.1) is 11.8 Å². The second-order valence-electron chi connectivity index (χ2n) is 6.20. The number of methoxy groups -OCH3 is 1. The number of phenolic OH excluding ortho intramolecular Hbond substituents is 1.